The van der Waals surface area contributed by atoms with Crippen LogP contribution < -0.4 is 5.73 Å². The van der Waals surface area contributed by atoms with E-state index >= 15 is 0 Å². The molecular weight excluding hydrogens is 308 g/mol. The summed E-state index contributed by atoms with van der Waals surface area (Å²) in [6.07, 6.45) is 1.45. The molecule has 1 saturated heterocycles. The number of aliphatic hydroxyl groups is 1. The molecule has 1 aromatic rings. The van der Waals surface area contributed by atoms with Gasteiger partial charge in [-0.2, -0.15) is 0 Å². The van der Waals surface area contributed by atoms with E-state index in [0.717, 1.165) is 6.42 Å². The first-order valence-electron chi connectivity index (χ1n) is 6.90. The Balaban J connectivity index is 2.14. The smallest absolute Gasteiger partial charge is 0.218 e. The van der Waals surface area contributed by atoms with Crippen LogP contribution in [0.2, 0.25) is 0 Å². The number of nitrogens with zero attached hydrogens (tertiary/aromatic N) is 1. The van der Waals surface area contributed by atoms with Crippen LogP contribution in [-0.2, 0) is 15.8 Å². The molecule has 0 amide bonds. The van der Waals surface area contributed by atoms with E-state index in [-0.39, 0.29) is 23.3 Å². The van der Waals surface area contributed by atoms with Gasteiger partial charge in [-0.1, -0.05) is 36.5 Å². The highest BCUT2D eigenvalue weighted by Crippen LogP contribution is 2.24. The third kappa shape index (κ3) is 4.00. The Labute approximate surface area is 130 Å². The molecule has 5 nitrogen and oxygen atoms in total. The monoisotopic (exact) mass is 328 g/mol. The van der Waals surface area contributed by atoms with E-state index in [1.165, 1.54) is 4.31 Å². The van der Waals surface area contributed by atoms with E-state index in [4.69, 9.17) is 23.1 Å². The minimum Gasteiger partial charge on any atom is -0.396 e. The van der Waals surface area contributed by atoms with Crippen LogP contribution >= 0.6 is 12.2 Å². The van der Waals surface area contributed by atoms with Crippen LogP contribution in [0.15, 0.2) is 24.3 Å². The van der Waals surface area contributed by atoms with Crippen molar-refractivity contribution in [3.8, 4) is 0 Å². The molecule has 0 aliphatic carbocycles. The van der Waals surface area contributed by atoms with Crippen molar-refractivity contribution in [1.82, 2.24) is 4.31 Å². The predicted octanol–water partition coefficient (Wildman–Crippen LogP) is 0.855. The highest BCUT2D eigenvalue weighted by Gasteiger charge is 2.31. The van der Waals surface area contributed by atoms with Gasteiger partial charge in [-0.25, -0.2) is 12.7 Å². The highest BCUT2D eigenvalue weighted by molar-refractivity contribution is 7.88. The zero-order chi connectivity index (χ0) is 15.5. The molecule has 0 spiro atoms. The van der Waals surface area contributed by atoms with Crippen LogP contribution in [-0.4, -0.2) is 42.5 Å². The van der Waals surface area contributed by atoms with Gasteiger partial charge in [0.15, 0.2) is 0 Å². The number of sulfonamides is 1. The average Bonchev–Trinajstić information content (AvgIpc) is 2.88. The summed E-state index contributed by atoms with van der Waals surface area (Å²) < 4.78 is 26.5. The van der Waals surface area contributed by atoms with Crippen molar-refractivity contribution in [3.05, 3.63) is 35.4 Å². The molecule has 21 heavy (non-hydrogen) atoms. The van der Waals surface area contributed by atoms with Gasteiger partial charge in [0.2, 0.25) is 10.0 Å². The lowest BCUT2D eigenvalue weighted by atomic mass is 10.1. The number of nitrogens with two attached hydrogens (primary N) is 1. The van der Waals surface area contributed by atoms with Gasteiger partial charge in [-0.05, 0) is 24.3 Å². The van der Waals surface area contributed by atoms with Crippen LogP contribution in [0.1, 0.15) is 24.0 Å². The van der Waals surface area contributed by atoms with E-state index in [2.05, 4.69) is 0 Å². The third-order valence-electron chi connectivity index (χ3n) is 3.80. The van der Waals surface area contributed by atoms with Gasteiger partial charge in [-0.15, -0.1) is 0 Å². The normalized spacial score (nSPS) is 19.8. The van der Waals surface area contributed by atoms with E-state index in [0.29, 0.717) is 30.6 Å². The Morgan fingerprint density at radius 1 is 1.43 bits per heavy atom. The lowest BCUT2D eigenvalue weighted by Crippen LogP contribution is -2.30. The van der Waals surface area contributed by atoms with Crippen LogP contribution in [0.3, 0.4) is 0 Å². The number of thiocarbonyl (C=S) groups is 1. The Morgan fingerprint density at radius 2 is 2.14 bits per heavy atom. The lowest BCUT2D eigenvalue weighted by Gasteiger charge is -2.17. The molecule has 1 heterocycles. The molecule has 116 valence electrons. The summed E-state index contributed by atoms with van der Waals surface area (Å²) in [5.41, 5.74) is 6.89. The second-order valence-corrected chi connectivity index (χ2v) is 7.71. The molecule has 1 aliphatic heterocycles. The Kier molecular flexibility index (Phi) is 5.32. The maximum absolute atomic E-state index is 12.5. The Bertz CT molecular complexity index is 616. The first-order valence-corrected chi connectivity index (χ1v) is 8.92. The number of hydrogen-bond donors (Lipinski definition) is 2. The van der Waals surface area contributed by atoms with Crippen molar-refractivity contribution >= 4 is 27.2 Å². The van der Waals surface area contributed by atoms with Gasteiger partial charge in [0.25, 0.3) is 0 Å². The van der Waals surface area contributed by atoms with Crippen LogP contribution in [0.4, 0.5) is 0 Å². The number of hydrogen-bond acceptors (Lipinski definition) is 4. The number of rotatable bonds is 6. The molecule has 2 rings (SSSR count). The summed E-state index contributed by atoms with van der Waals surface area (Å²) >= 11 is 4.97. The summed E-state index contributed by atoms with van der Waals surface area (Å²) in [6.45, 7) is 1.10. The van der Waals surface area contributed by atoms with Crippen molar-refractivity contribution in [1.29, 1.82) is 0 Å². The molecule has 1 unspecified atom stereocenters. The molecule has 0 saturated carbocycles. The summed E-state index contributed by atoms with van der Waals surface area (Å²) in [6, 6.07) is 7.06. The molecule has 1 atom stereocenters. The topological polar surface area (TPSA) is 83.6 Å². The van der Waals surface area contributed by atoms with E-state index in [9.17, 15) is 8.42 Å². The predicted molar refractivity (Wildman–Crippen MR) is 86.3 cm³/mol. The molecule has 7 heteroatoms. The molecule has 0 bridgehead atoms. The van der Waals surface area contributed by atoms with E-state index < -0.39 is 10.0 Å². The molecule has 1 aromatic carbocycles. The van der Waals surface area contributed by atoms with E-state index in [1.54, 1.807) is 24.3 Å². The highest BCUT2D eigenvalue weighted by atomic mass is 32.2. The summed E-state index contributed by atoms with van der Waals surface area (Å²) in [5.74, 6) is 0.155. The molecule has 1 fully saturated rings. The summed E-state index contributed by atoms with van der Waals surface area (Å²) in [5, 5.41) is 8.95. The van der Waals surface area contributed by atoms with Crippen LogP contribution in [0.5, 0.6) is 0 Å². The van der Waals surface area contributed by atoms with Gasteiger partial charge in [-0.3, -0.25) is 0 Å². The third-order valence-corrected chi connectivity index (χ3v) is 5.81. The van der Waals surface area contributed by atoms with E-state index in [1.807, 2.05) is 0 Å². The van der Waals surface area contributed by atoms with Gasteiger partial charge in [0, 0.05) is 25.3 Å². The molecule has 0 radical (unpaired) electrons. The quantitative estimate of drug-likeness (QED) is 0.757. The zero-order valence-corrected chi connectivity index (χ0v) is 13.4. The minimum atomic E-state index is -3.38. The zero-order valence-electron chi connectivity index (χ0n) is 11.7. The van der Waals surface area contributed by atoms with Crippen molar-refractivity contribution < 1.29 is 13.5 Å². The summed E-state index contributed by atoms with van der Waals surface area (Å²) in [4.78, 5) is 0.209. The standard InChI is InChI=1S/C14H20N2O3S2/c15-14(20)13-4-2-1-3-12(13)10-21(18,19)16-7-5-11(9-16)6-8-17/h1-4,11,17H,5-10H2,(H2,15,20). The minimum absolute atomic E-state index is 0.0909. The maximum atomic E-state index is 12.5. The second-order valence-electron chi connectivity index (χ2n) is 5.30. The molecular formula is C14H20N2O3S2. The molecule has 1 aliphatic rings. The largest absolute Gasteiger partial charge is 0.396 e. The first kappa shape index (κ1) is 16.4. The summed E-state index contributed by atoms with van der Waals surface area (Å²) in [7, 11) is -3.38. The van der Waals surface area contributed by atoms with Crippen molar-refractivity contribution in [2.24, 2.45) is 11.7 Å². The lowest BCUT2D eigenvalue weighted by molar-refractivity contribution is 0.259. The fourth-order valence-electron chi connectivity index (χ4n) is 2.64. The fraction of sp³-hybridized carbons (Fsp3) is 0.500. The van der Waals surface area contributed by atoms with Gasteiger partial charge < -0.3 is 10.8 Å². The Morgan fingerprint density at radius 3 is 2.81 bits per heavy atom. The van der Waals surface area contributed by atoms with Gasteiger partial charge in [0.1, 0.15) is 4.99 Å². The average molecular weight is 328 g/mol. The van der Waals surface area contributed by atoms with Gasteiger partial charge in [0.05, 0.1) is 5.75 Å². The van der Waals surface area contributed by atoms with Crippen molar-refractivity contribution in [2.45, 2.75) is 18.6 Å². The maximum Gasteiger partial charge on any atom is 0.218 e. The SMILES string of the molecule is NC(=S)c1ccccc1CS(=O)(=O)N1CCC(CCO)C1. The fourth-order valence-corrected chi connectivity index (χ4v) is 4.49. The van der Waals surface area contributed by atoms with Crippen molar-refractivity contribution in [3.63, 3.8) is 0 Å². The first-order chi connectivity index (χ1) is 9.94. The Hall–Kier alpha value is -1.02. The number of aliphatic hydroxyl groups excluding tert-OH is 1. The second kappa shape index (κ2) is 6.83. The van der Waals surface area contributed by atoms with Crippen molar-refractivity contribution in [2.75, 3.05) is 19.7 Å². The van der Waals surface area contributed by atoms with Gasteiger partial charge >= 0.3 is 0 Å². The van der Waals surface area contributed by atoms with Crippen LogP contribution in [0, 0.1) is 5.92 Å². The molecule has 0 aromatic heterocycles. The van der Waals surface area contributed by atoms with Crippen LogP contribution in [0.25, 0.3) is 0 Å². The molecule has 3 N–H and O–H groups in total. The number of benzene rings is 1.